The molecule has 0 fully saturated rings. The number of aryl methyl sites for hydroxylation is 2. The lowest BCUT2D eigenvalue weighted by atomic mass is 10.4. The third-order valence-corrected chi connectivity index (χ3v) is 3.80. The smallest absolute Gasteiger partial charge is 0.206 e. The van der Waals surface area contributed by atoms with E-state index in [1.165, 1.54) is 4.88 Å². The molecule has 0 saturated carbocycles. The molecule has 0 aliphatic rings. The summed E-state index contributed by atoms with van der Waals surface area (Å²) in [5.41, 5.74) is 0. The Morgan fingerprint density at radius 2 is 2.20 bits per heavy atom. The predicted molar refractivity (Wildman–Crippen MR) is 63.5 cm³/mol. The highest BCUT2D eigenvalue weighted by Crippen LogP contribution is 2.17. The molecule has 0 radical (unpaired) electrons. The molecule has 15 heavy (non-hydrogen) atoms. The number of thiazole rings is 1. The molecule has 2 aromatic heterocycles. The number of anilines is 1. The highest BCUT2D eigenvalue weighted by atomic mass is 32.1. The molecule has 2 heterocycles. The van der Waals surface area contributed by atoms with Crippen LogP contribution in [-0.4, -0.2) is 15.2 Å². The number of nitrogens with one attached hydrogen (secondary N) is 1. The van der Waals surface area contributed by atoms with E-state index in [-0.39, 0.29) is 0 Å². The van der Waals surface area contributed by atoms with Crippen molar-refractivity contribution in [2.24, 2.45) is 0 Å². The third kappa shape index (κ3) is 2.73. The Morgan fingerprint density at radius 1 is 1.33 bits per heavy atom. The van der Waals surface area contributed by atoms with E-state index in [1.54, 1.807) is 22.7 Å². The molecule has 1 N–H and O–H groups in total. The number of nitrogens with zero attached hydrogens (tertiary/aromatic N) is 3. The van der Waals surface area contributed by atoms with Gasteiger partial charge < -0.3 is 5.32 Å². The molecule has 0 aliphatic heterocycles. The van der Waals surface area contributed by atoms with Crippen molar-refractivity contribution in [2.75, 3.05) is 5.32 Å². The Bertz CT molecular complexity index is 435. The van der Waals surface area contributed by atoms with Gasteiger partial charge in [0.05, 0.1) is 6.54 Å². The highest BCUT2D eigenvalue weighted by molar-refractivity contribution is 7.15. The quantitative estimate of drug-likeness (QED) is 0.892. The van der Waals surface area contributed by atoms with Crippen molar-refractivity contribution in [3.05, 3.63) is 21.1 Å². The Morgan fingerprint density at radius 3 is 2.80 bits per heavy atom. The molecule has 80 valence electrons. The van der Waals surface area contributed by atoms with Crippen molar-refractivity contribution in [1.82, 2.24) is 15.2 Å². The van der Waals surface area contributed by atoms with Crippen LogP contribution in [0.1, 0.15) is 21.8 Å². The van der Waals surface area contributed by atoms with E-state index in [2.05, 4.69) is 27.4 Å². The van der Waals surface area contributed by atoms with E-state index in [0.717, 1.165) is 28.1 Å². The van der Waals surface area contributed by atoms with Crippen LogP contribution >= 0.6 is 22.7 Å². The minimum absolute atomic E-state index is 0.735. The molecule has 4 nitrogen and oxygen atoms in total. The van der Waals surface area contributed by atoms with Crippen LogP contribution in [0.3, 0.4) is 0 Å². The average Bonchev–Trinajstić information content (AvgIpc) is 2.83. The lowest BCUT2D eigenvalue weighted by molar-refractivity contribution is 1.02. The summed E-state index contributed by atoms with van der Waals surface area (Å²) < 4.78 is 0. The number of aromatic nitrogens is 3. The van der Waals surface area contributed by atoms with Gasteiger partial charge in [-0.05, 0) is 13.3 Å². The van der Waals surface area contributed by atoms with E-state index in [1.807, 2.05) is 13.1 Å². The monoisotopic (exact) mass is 240 g/mol. The van der Waals surface area contributed by atoms with Crippen LogP contribution in [0.4, 0.5) is 5.13 Å². The molecule has 0 aromatic carbocycles. The largest absolute Gasteiger partial charge is 0.354 e. The van der Waals surface area contributed by atoms with E-state index in [0.29, 0.717) is 0 Å². The summed E-state index contributed by atoms with van der Waals surface area (Å²) in [4.78, 5) is 5.64. The van der Waals surface area contributed by atoms with Crippen LogP contribution in [0.5, 0.6) is 0 Å². The second-order valence-corrected chi connectivity index (χ2v) is 5.44. The summed E-state index contributed by atoms with van der Waals surface area (Å²) in [7, 11) is 0. The minimum Gasteiger partial charge on any atom is -0.354 e. The first-order chi connectivity index (χ1) is 7.28. The summed E-state index contributed by atoms with van der Waals surface area (Å²) >= 11 is 3.30. The number of rotatable bonds is 4. The minimum atomic E-state index is 0.735. The summed E-state index contributed by atoms with van der Waals surface area (Å²) in [6, 6.07) is 0. The second-order valence-electron chi connectivity index (χ2n) is 3.05. The van der Waals surface area contributed by atoms with Gasteiger partial charge in [0.2, 0.25) is 5.13 Å². The molecule has 0 spiro atoms. The van der Waals surface area contributed by atoms with Crippen molar-refractivity contribution in [1.29, 1.82) is 0 Å². The second kappa shape index (κ2) is 4.67. The Kier molecular flexibility index (Phi) is 3.27. The molecule has 6 heteroatoms. The van der Waals surface area contributed by atoms with Gasteiger partial charge in [-0.3, -0.25) is 0 Å². The van der Waals surface area contributed by atoms with Gasteiger partial charge in [0.15, 0.2) is 0 Å². The molecule has 0 atom stereocenters. The molecule has 0 unspecified atom stereocenters. The SMILES string of the molecule is CCc1cnc(CNc2nnc(C)s2)s1. The molecule has 2 rings (SSSR count). The van der Waals surface area contributed by atoms with Crippen LogP contribution in [0, 0.1) is 6.92 Å². The first kappa shape index (κ1) is 10.5. The molecule has 0 saturated heterocycles. The molecule has 0 aliphatic carbocycles. The lowest BCUT2D eigenvalue weighted by Gasteiger charge is -1.96. The van der Waals surface area contributed by atoms with Crippen LogP contribution in [-0.2, 0) is 13.0 Å². The highest BCUT2D eigenvalue weighted by Gasteiger charge is 2.02. The van der Waals surface area contributed by atoms with Gasteiger partial charge in [-0.2, -0.15) is 0 Å². The first-order valence-corrected chi connectivity index (χ1v) is 6.38. The predicted octanol–water partition coefficient (Wildman–Crippen LogP) is 2.48. The molecule has 2 aromatic rings. The normalized spacial score (nSPS) is 10.5. The maximum atomic E-state index is 4.32. The van der Waals surface area contributed by atoms with Crippen molar-refractivity contribution >= 4 is 27.8 Å². The standard InChI is InChI=1S/C9H12N4S2/c1-3-7-4-10-8(15-7)5-11-9-13-12-6(2)14-9/h4H,3,5H2,1-2H3,(H,11,13). The van der Waals surface area contributed by atoms with E-state index in [4.69, 9.17) is 0 Å². The van der Waals surface area contributed by atoms with Gasteiger partial charge in [0.1, 0.15) is 10.0 Å². The summed E-state index contributed by atoms with van der Waals surface area (Å²) in [6.45, 7) is 4.82. The summed E-state index contributed by atoms with van der Waals surface area (Å²) in [6.07, 6.45) is 2.99. The zero-order chi connectivity index (χ0) is 10.7. The maximum absolute atomic E-state index is 4.32. The third-order valence-electron chi connectivity index (χ3n) is 1.87. The Hall–Kier alpha value is -1.01. The molecular formula is C9H12N4S2. The van der Waals surface area contributed by atoms with Gasteiger partial charge in [-0.25, -0.2) is 4.98 Å². The van der Waals surface area contributed by atoms with Crippen molar-refractivity contribution in [3.63, 3.8) is 0 Å². The van der Waals surface area contributed by atoms with Gasteiger partial charge in [0.25, 0.3) is 0 Å². The molecule has 0 bridgehead atoms. The topological polar surface area (TPSA) is 50.7 Å². The van der Waals surface area contributed by atoms with E-state index < -0.39 is 0 Å². The van der Waals surface area contributed by atoms with Crippen LogP contribution < -0.4 is 5.32 Å². The zero-order valence-electron chi connectivity index (χ0n) is 8.65. The zero-order valence-corrected chi connectivity index (χ0v) is 10.3. The number of hydrogen-bond donors (Lipinski definition) is 1. The fourth-order valence-electron chi connectivity index (χ4n) is 1.11. The fraction of sp³-hybridized carbons (Fsp3) is 0.444. The summed E-state index contributed by atoms with van der Waals surface area (Å²) in [5.74, 6) is 0. The van der Waals surface area contributed by atoms with Crippen molar-refractivity contribution < 1.29 is 0 Å². The Labute approximate surface area is 96.4 Å². The van der Waals surface area contributed by atoms with Crippen molar-refractivity contribution in [2.45, 2.75) is 26.8 Å². The van der Waals surface area contributed by atoms with Gasteiger partial charge in [-0.1, -0.05) is 18.3 Å². The van der Waals surface area contributed by atoms with Gasteiger partial charge >= 0.3 is 0 Å². The fourth-order valence-corrected chi connectivity index (χ4v) is 2.50. The summed E-state index contributed by atoms with van der Waals surface area (Å²) in [5, 5.41) is 14.1. The van der Waals surface area contributed by atoms with Gasteiger partial charge in [0, 0.05) is 11.1 Å². The first-order valence-electron chi connectivity index (χ1n) is 4.75. The van der Waals surface area contributed by atoms with Crippen LogP contribution in [0.15, 0.2) is 6.20 Å². The van der Waals surface area contributed by atoms with E-state index >= 15 is 0 Å². The molecular weight excluding hydrogens is 228 g/mol. The average molecular weight is 240 g/mol. The molecule has 0 amide bonds. The van der Waals surface area contributed by atoms with Crippen LogP contribution in [0.25, 0.3) is 0 Å². The Balaban J connectivity index is 1.93. The van der Waals surface area contributed by atoms with E-state index in [9.17, 15) is 0 Å². The van der Waals surface area contributed by atoms with Crippen molar-refractivity contribution in [3.8, 4) is 0 Å². The van der Waals surface area contributed by atoms with Crippen LogP contribution in [0.2, 0.25) is 0 Å². The number of hydrogen-bond acceptors (Lipinski definition) is 6. The lowest BCUT2D eigenvalue weighted by Crippen LogP contribution is -1.97. The maximum Gasteiger partial charge on any atom is 0.206 e. The van der Waals surface area contributed by atoms with Gasteiger partial charge in [-0.15, -0.1) is 21.5 Å².